The van der Waals surface area contributed by atoms with E-state index in [1.807, 2.05) is 30.3 Å². The number of carbonyl (C=O) groups excluding carboxylic acids is 2. The number of amides is 2. The van der Waals surface area contributed by atoms with Gasteiger partial charge >= 0.3 is 0 Å². The highest BCUT2D eigenvalue weighted by Gasteiger charge is 2.33. The number of benzene rings is 2. The summed E-state index contributed by atoms with van der Waals surface area (Å²) in [6.07, 6.45) is 2.09. The summed E-state index contributed by atoms with van der Waals surface area (Å²) in [5.41, 5.74) is 1.31. The van der Waals surface area contributed by atoms with Crippen molar-refractivity contribution in [3.05, 3.63) is 67.3 Å². The van der Waals surface area contributed by atoms with Crippen molar-refractivity contribution in [3.8, 4) is 0 Å². The first-order chi connectivity index (χ1) is 14.3. The van der Waals surface area contributed by atoms with Crippen LogP contribution in [0.25, 0.3) is 0 Å². The third kappa shape index (κ3) is 4.77. The number of nitrogens with one attached hydrogen (secondary N) is 1. The van der Waals surface area contributed by atoms with Crippen LogP contribution in [0, 0.1) is 5.92 Å². The Morgan fingerprint density at radius 3 is 2.23 bits per heavy atom. The second-order valence-electron chi connectivity index (χ2n) is 7.13. The average molecular weight is 428 g/mol. The molecule has 1 heterocycles. The SMILES string of the molecule is C=CC(=O)Nc1ccc(S(=O)(=O)N2CCC(C(=O)N(C)c3ccccc3)CC2)cc1. The molecule has 30 heavy (non-hydrogen) atoms. The second kappa shape index (κ2) is 9.23. The van der Waals surface area contributed by atoms with E-state index in [4.69, 9.17) is 0 Å². The smallest absolute Gasteiger partial charge is 0.247 e. The second-order valence-corrected chi connectivity index (χ2v) is 9.07. The van der Waals surface area contributed by atoms with Crippen molar-refractivity contribution in [3.63, 3.8) is 0 Å². The molecule has 2 aromatic carbocycles. The maximum atomic E-state index is 12.9. The zero-order chi connectivity index (χ0) is 21.7. The number of hydrogen-bond donors (Lipinski definition) is 1. The minimum absolute atomic E-state index is 0.000520. The Bertz CT molecular complexity index is 1010. The quantitative estimate of drug-likeness (QED) is 0.718. The van der Waals surface area contributed by atoms with E-state index in [1.165, 1.54) is 16.4 Å². The van der Waals surface area contributed by atoms with Gasteiger partial charge in [-0.25, -0.2) is 8.42 Å². The highest BCUT2D eigenvalue weighted by molar-refractivity contribution is 7.89. The van der Waals surface area contributed by atoms with Gasteiger partial charge in [-0.1, -0.05) is 24.8 Å². The topological polar surface area (TPSA) is 86.8 Å². The Morgan fingerprint density at radius 2 is 1.67 bits per heavy atom. The summed E-state index contributed by atoms with van der Waals surface area (Å²) >= 11 is 0. The Balaban J connectivity index is 1.63. The first-order valence-corrected chi connectivity index (χ1v) is 11.1. The van der Waals surface area contributed by atoms with Crippen LogP contribution < -0.4 is 10.2 Å². The molecule has 0 unspecified atom stereocenters. The standard InChI is InChI=1S/C22H25N3O4S/c1-3-21(26)23-18-9-11-20(12-10-18)30(28,29)25-15-13-17(14-16-25)22(27)24(2)19-7-5-4-6-8-19/h3-12,17H,1,13-16H2,2H3,(H,23,26). The number of carbonyl (C=O) groups is 2. The van der Waals surface area contributed by atoms with E-state index in [-0.39, 0.29) is 35.7 Å². The lowest BCUT2D eigenvalue weighted by Crippen LogP contribution is -2.43. The number of hydrogen-bond acceptors (Lipinski definition) is 4. The molecule has 2 amide bonds. The normalized spacial score (nSPS) is 15.4. The number of para-hydroxylation sites is 1. The summed E-state index contributed by atoms with van der Waals surface area (Å²) in [4.78, 5) is 25.9. The van der Waals surface area contributed by atoms with Crippen molar-refractivity contribution in [2.75, 3.05) is 30.4 Å². The number of nitrogens with zero attached hydrogens (tertiary/aromatic N) is 2. The molecule has 0 atom stereocenters. The molecule has 0 spiro atoms. The van der Waals surface area contributed by atoms with Crippen LogP contribution in [0.4, 0.5) is 11.4 Å². The van der Waals surface area contributed by atoms with Gasteiger partial charge in [0.15, 0.2) is 0 Å². The van der Waals surface area contributed by atoms with E-state index in [9.17, 15) is 18.0 Å². The lowest BCUT2D eigenvalue weighted by Gasteiger charge is -2.32. The molecular formula is C22H25N3O4S. The van der Waals surface area contributed by atoms with Gasteiger partial charge in [-0.05, 0) is 55.3 Å². The van der Waals surface area contributed by atoms with Gasteiger partial charge in [-0.3, -0.25) is 9.59 Å². The van der Waals surface area contributed by atoms with Crippen LogP contribution in [0.2, 0.25) is 0 Å². The van der Waals surface area contributed by atoms with Crippen molar-refractivity contribution in [2.45, 2.75) is 17.7 Å². The lowest BCUT2D eigenvalue weighted by molar-refractivity contribution is -0.123. The average Bonchev–Trinajstić information content (AvgIpc) is 2.79. The highest BCUT2D eigenvalue weighted by atomic mass is 32.2. The Kier molecular flexibility index (Phi) is 6.69. The van der Waals surface area contributed by atoms with Crippen LogP contribution in [-0.4, -0.2) is 44.7 Å². The number of piperidine rings is 1. The lowest BCUT2D eigenvalue weighted by atomic mass is 9.96. The molecule has 8 heteroatoms. The number of sulfonamides is 1. The molecule has 1 N–H and O–H groups in total. The van der Waals surface area contributed by atoms with E-state index in [0.29, 0.717) is 18.5 Å². The fourth-order valence-corrected chi connectivity index (χ4v) is 4.92. The molecule has 1 fully saturated rings. The molecule has 0 radical (unpaired) electrons. The van der Waals surface area contributed by atoms with Crippen LogP contribution in [0.1, 0.15) is 12.8 Å². The largest absolute Gasteiger partial charge is 0.323 e. The third-order valence-electron chi connectivity index (χ3n) is 5.22. The van der Waals surface area contributed by atoms with Gasteiger partial charge < -0.3 is 10.2 Å². The van der Waals surface area contributed by atoms with Gasteiger partial charge in [0.05, 0.1) is 4.90 Å². The molecular weight excluding hydrogens is 402 g/mol. The van der Waals surface area contributed by atoms with Crippen molar-refractivity contribution >= 4 is 33.2 Å². The summed E-state index contributed by atoms with van der Waals surface area (Å²) in [5.74, 6) is -0.573. The van der Waals surface area contributed by atoms with Crippen molar-refractivity contribution in [2.24, 2.45) is 5.92 Å². The summed E-state index contributed by atoms with van der Waals surface area (Å²) in [5, 5.41) is 2.58. The van der Waals surface area contributed by atoms with Gasteiger partial charge in [-0.15, -0.1) is 0 Å². The van der Waals surface area contributed by atoms with Crippen LogP contribution in [-0.2, 0) is 19.6 Å². The van der Waals surface area contributed by atoms with Gasteiger partial charge in [0.25, 0.3) is 0 Å². The monoisotopic (exact) mass is 427 g/mol. The fourth-order valence-electron chi connectivity index (χ4n) is 3.45. The van der Waals surface area contributed by atoms with Gasteiger partial charge in [-0.2, -0.15) is 4.31 Å². The zero-order valence-electron chi connectivity index (χ0n) is 16.8. The first-order valence-electron chi connectivity index (χ1n) is 9.69. The molecule has 1 aliphatic rings. The summed E-state index contributed by atoms with van der Waals surface area (Å²) in [7, 11) is -1.92. The van der Waals surface area contributed by atoms with E-state index >= 15 is 0 Å². The van der Waals surface area contributed by atoms with Gasteiger partial charge in [0.1, 0.15) is 0 Å². The van der Waals surface area contributed by atoms with Crippen molar-refractivity contribution in [1.82, 2.24) is 4.31 Å². The number of rotatable bonds is 6. The predicted molar refractivity (Wildman–Crippen MR) is 117 cm³/mol. The van der Waals surface area contributed by atoms with E-state index in [1.54, 1.807) is 24.1 Å². The molecule has 0 aromatic heterocycles. The van der Waals surface area contributed by atoms with Gasteiger partial charge in [0.2, 0.25) is 21.8 Å². The third-order valence-corrected chi connectivity index (χ3v) is 7.14. The maximum Gasteiger partial charge on any atom is 0.247 e. The van der Waals surface area contributed by atoms with E-state index in [2.05, 4.69) is 11.9 Å². The molecule has 1 aliphatic heterocycles. The molecule has 0 bridgehead atoms. The summed E-state index contributed by atoms with van der Waals surface area (Å²) in [6.45, 7) is 3.96. The molecule has 1 saturated heterocycles. The maximum absolute atomic E-state index is 12.9. The van der Waals surface area contributed by atoms with E-state index in [0.717, 1.165) is 11.8 Å². The van der Waals surface area contributed by atoms with Crippen molar-refractivity contribution < 1.29 is 18.0 Å². The summed E-state index contributed by atoms with van der Waals surface area (Å²) in [6, 6.07) is 15.4. The molecule has 3 rings (SSSR count). The minimum Gasteiger partial charge on any atom is -0.323 e. The predicted octanol–water partition coefficient (Wildman–Crippen LogP) is 2.87. The molecule has 0 aliphatic carbocycles. The first kappa shape index (κ1) is 21.7. The molecule has 158 valence electrons. The molecule has 2 aromatic rings. The van der Waals surface area contributed by atoms with Crippen LogP contribution >= 0.6 is 0 Å². The molecule has 0 saturated carbocycles. The fraction of sp³-hybridized carbons (Fsp3) is 0.273. The number of anilines is 2. The molecule has 7 nitrogen and oxygen atoms in total. The van der Waals surface area contributed by atoms with Gasteiger partial charge in [0, 0.05) is 37.4 Å². The Morgan fingerprint density at radius 1 is 1.07 bits per heavy atom. The van der Waals surface area contributed by atoms with E-state index < -0.39 is 10.0 Å². The zero-order valence-corrected chi connectivity index (χ0v) is 17.6. The Hall–Kier alpha value is -2.97. The highest BCUT2D eigenvalue weighted by Crippen LogP contribution is 2.27. The van der Waals surface area contributed by atoms with Crippen LogP contribution in [0.5, 0.6) is 0 Å². The summed E-state index contributed by atoms with van der Waals surface area (Å²) < 4.78 is 27.3. The van der Waals surface area contributed by atoms with Crippen LogP contribution in [0.3, 0.4) is 0 Å². The van der Waals surface area contributed by atoms with Crippen LogP contribution in [0.15, 0.2) is 72.1 Å². The minimum atomic E-state index is -3.66. The Labute approximate surface area is 177 Å². The van der Waals surface area contributed by atoms with Crippen molar-refractivity contribution in [1.29, 1.82) is 0 Å².